The third-order valence-corrected chi connectivity index (χ3v) is 0.471. The van der Waals surface area contributed by atoms with Gasteiger partial charge in [0.25, 0.3) is 0 Å². The predicted octanol–water partition coefficient (Wildman–Crippen LogP) is -0.911. The fraction of sp³-hybridized carbons (Fsp3) is 0.600. The van der Waals surface area contributed by atoms with E-state index >= 15 is 0 Å². The molecule has 0 fully saturated rings. The minimum absolute atomic E-state index is 0. The van der Waals surface area contributed by atoms with Crippen LogP contribution in [0, 0.1) is 0 Å². The Hall–Kier alpha value is 0.740. The molecule has 6 heavy (non-hydrogen) atoms. The topological polar surface area (TPSA) is 0 Å². The van der Waals surface area contributed by atoms with Crippen LogP contribution in [-0.4, -0.2) is 0 Å². The Bertz CT molecular complexity index is 35.1. The van der Waals surface area contributed by atoms with Crippen LogP contribution < -0.4 is 29.6 Å². The van der Waals surface area contributed by atoms with Crippen LogP contribution in [0.2, 0.25) is 0 Å². The molecule has 0 rings (SSSR count). The molecule has 0 aromatic carbocycles. The first-order valence-electron chi connectivity index (χ1n) is 2.03. The molecule has 0 nitrogen and oxygen atoms in total. The van der Waals surface area contributed by atoms with Gasteiger partial charge in [0, 0.05) is 0 Å². The maximum atomic E-state index is 2.12. The third-order valence-electron chi connectivity index (χ3n) is 0.471. The van der Waals surface area contributed by atoms with E-state index in [2.05, 4.69) is 19.1 Å². The SMILES string of the molecule is CC=CCC.[H-].[Na+]. The average Bonchev–Trinajstić information content (AvgIpc) is 1.41. The van der Waals surface area contributed by atoms with Crippen molar-refractivity contribution in [2.24, 2.45) is 0 Å². The van der Waals surface area contributed by atoms with Gasteiger partial charge in [-0.15, -0.1) is 0 Å². The normalized spacial score (nSPS) is 8.33. The van der Waals surface area contributed by atoms with Crippen molar-refractivity contribution in [1.29, 1.82) is 0 Å². The Balaban J connectivity index is -0.0000000800. The van der Waals surface area contributed by atoms with E-state index in [1.807, 2.05) is 6.92 Å². The zero-order valence-corrected chi connectivity index (χ0v) is 6.86. The summed E-state index contributed by atoms with van der Waals surface area (Å²) in [5.41, 5.74) is 0. The summed E-state index contributed by atoms with van der Waals surface area (Å²) in [5, 5.41) is 0. The molecule has 0 spiro atoms. The Morgan fingerprint density at radius 2 is 2.17 bits per heavy atom. The van der Waals surface area contributed by atoms with Crippen LogP contribution in [-0.2, 0) is 0 Å². The van der Waals surface area contributed by atoms with Crippen molar-refractivity contribution in [3.63, 3.8) is 0 Å². The maximum absolute atomic E-state index is 2.12. The number of hydrogen-bond donors (Lipinski definition) is 0. The van der Waals surface area contributed by atoms with Gasteiger partial charge in [0.2, 0.25) is 0 Å². The van der Waals surface area contributed by atoms with Gasteiger partial charge in [0.05, 0.1) is 0 Å². The van der Waals surface area contributed by atoms with Crippen LogP contribution in [0.4, 0.5) is 0 Å². The van der Waals surface area contributed by atoms with Gasteiger partial charge < -0.3 is 1.43 Å². The van der Waals surface area contributed by atoms with E-state index in [1.54, 1.807) is 0 Å². The molecule has 0 N–H and O–H groups in total. The summed E-state index contributed by atoms with van der Waals surface area (Å²) < 4.78 is 0. The molecular weight excluding hydrogens is 83.0 g/mol. The van der Waals surface area contributed by atoms with Gasteiger partial charge in [-0.3, -0.25) is 0 Å². The number of rotatable bonds is 1. The Morgan fingerprint density at radius 1 is 1.67 bits per heavy atom. The number of allylic oxidation sites excluding steroid dienone is 2. The molecule has 0 aromatic rings. The van der Waals surface area contributed by atoms with E-state index in [0.29, 0.717) is 0 Å². The van der Waals surface area contributed by atoms with Crippen molar-refractivity contribution < 1.29 is 31.0 Å². The largest absolute Gasteiger partial charge is 1.00 e. The van der Waals surface area contributed by atoms with Crippen molar-refractivity contribution in [3.05, 3.63) is 12.2 Å². The zero-order chi connectivity index (χ0) is 4.12. The average molecular weight is 94.1 g/mol. The molecule has 0 aromatic heterocycles. The fourth-order valence-electron chi connectivity index (χ4n) is 0.236. The van der Waals surface area contributed by atoms with Gasteiger partial charge >= 0.3 is 29.6 Å². The van der Waals surface area contributed by atoms with E-state index in [1.165, 1.54) is 0 Å². The molecule has 0 aliphatic heterocycles. The predicted molar refractivity (Wildman–Crippen MR) is 26.2 cm³/mol. The Labute approximate surface area is 63.4 Å². The van der Waals surface area contributed by atoms with Crippen molar-refractivity contribution in [3.8, 4) is 0 Å². The summed E-state index contributed by atoms with van der Waals surface area (Å²) in [4.78, 5) is 0. The molecule has 0 saturated carbocycles. The Morgan fingerprint density at radius 3 is 2.17 bits per heavy atom. The molecule has 0 aliphatic rings. The fourth-order valence-corrected chi connectivity index (χ4v) is 0.236. The van der Waals surface area contributed by atoms with Crippen molar-refractivity contribution in [2.45, 2.75) is 20.3 Å². The Kier molecular flexibility index (Phi) is 15.2. The van der Waals surface area contributed by atoms with Gasteiger partial charge in [-0.05, 0) is 13.3 Å². The maximum Gasteiger partial charge on any atom is 1.00 e. The van der Waals surface area contributed by atoms with Crippen LogP contribution in [0.3, 0.4) is 0 Å². The van der Waals surface area contributed by atoms with Gasteiger partial charge in [-0.2, -0.15) is 0 Å². The van der Waals surface area contributed by atoms with Crippen molar-refractivity contribution in [2.75, 3.05) is 0 Å². The van der Waals surface area contributed by atoms with E-state index in [0.717, 1.165) is 6.42 Å². The molecule has 0 unspecified atom stereocenters. The first kappa shape index (κ1) is 9.88. The smallest absolute Gasteiger partial charge is 1.00 e. The van der Waals surface area contributed by atoms with Gasteiger partial charge in [-0.1, -0.05) is 19.1 Å². The standard InChI is InChI=1S/C5H10.Na.H/c1-3-5-4-2;;/h3,5H,4H2,1-2H3;;/q;+1;-1. The molecule has 0 radical (unpaired) electrons. The quantitative estimate of drug-likeness (QED) is 0.291. The summed E-state index contributed by atoms with van der Waals surface area (Å²) in [6, 6.07) is 0. The monoisotopic (exact) mass is 94.1 g/mol. The second-order valence-corrected chi connectivity index (χ2v) is 0.977. The number of hydrogen-bond acceptors (Lipinski definition) is 0. The van der Waals surface area contributed by atoms with Crippen LogP contribution in [0.25, 0.3) is 0 Å². The first-order valence-corrected chi connectivity index (χ1v) is 2.03. The molecule has 0 heterocycles. The summed E-state index contributed by atoms with van der Waals surface area (Å²) >= 11 is 0. The molecular formula is C5H11Na. The molecule has 0 atom stereocenters. The van der Waals surface area contributed by atoms with Crippen LogP contribution in [0.15, 0.2) is 12.2 Å². The summed E-state index contributed by atoms with van der Waals surface area (Å²) in [6.07, 6.45) is 5.34. The summed E-state index contributed by atoms with van der Waals surface area (Å²) in [7, 11) is 0. The molecule has 0 aliphatic carbocycles. The zero-order valence-electron chi connectivity index (χ0n) is 5.86. The third kappa shape index (κ3) is 8.83. The van der Waals surface area contributed by atoms with E-state index in [4.69, 9.17) is 0 Å². The second-order valence-electron chi connectivity index (χ2n) is 0.977. The van der Waals surface area contributed by atoms with Crippen LogP contribution in [0.1, 0.15) is 21.7 Å². The van der Waals surface area contributed by atoms with Crippen molar-refractivity contribution >= 4 is 0 Å². The van der Waals surface area contributed by atoms with Crippen LogP contribution in [0.5, 0.6) is 0 Å². The second kappa shape index (κ2) is 9.22. The summed E-state index contributed by atoms with van der Waals surface area (Å²) in [5.74, 6) is 0. The van der Waals surface area contributed by atoms with Gasteiger partial charge in [-0.25, -0.2) is 0 Å². The van der Waals surface area contributed by atoms with E-state index in [-0.39, 0.29) is 31.0 Å². The molecule has 32 valence electrons. The molecule has 0 amide bonds. The molecule has 1 heteroatoms. The van der Waals surface area contributed by atoms with Crippen molar-refractivity contribution in [1.82, 2.24) is 0 Å². The minimum Gasteiger partial charge on any atom is -1.00 e. The van der Waals surface area contributed by atoms with Crippen LogP contribution >= 0.6 is 0 Å². The molecule has 0 bridgehead atoms. The minimum atomic E-state index is 0. The summed E-state index contributed by atoms with van der Waals surface area (Å²) in [6.45, 7) is 4.16. The van der Waals surface area contributed by atoms with Gasteiger partial charge in [0.15, 0.2) is 0 Å². The van der Waals surface area contributed by atoms with E-state index < -0.39 is 0 Å². The van der Waals surface area contributed by atoms with Gasteiger partial charge in [0.1, 0.15) is 0 Å². The molecule has 0 saturated heterocycles. The van der Waals surface area contributed by atoms with E-state index in [9.17, 15) is 0 Å². The first-order chi connectivity index (χ1) is 2.41.